The Morgan fingerprint density at radius 2 is 2.36 bits per heavy atom. The van der Waals surface area contributed by atoms with E-state index in [4.69, 9.17) is 4.74 Å². The molecule has 3 heterocycles. The van der Waals surface area contributed by atoms with E-state index in [2.05, 4.69) is 4.98 Å². The zero-order valence-electron chi connectivity index (χ0n) is 12.7. The second-order valence-corrected chi connectivity index (χ2v) is 6.60. The molecule has 0 saturated carbocycles. The number of carbonyl (C=O) groups excluding carboxylic acids is 1. The summed E-state index contributed by atoms with van der Waals surface area (Å²) in [4.78, 5) is 32.7. The molecule has 2 aromatic rings. The molecule has 0 spiro atoms. The summed E-state index contributed by atoms with van der Waals surface area (Å²) in [6.45, 7) is 5.71. The van der Waals surface area contributed by atoms with Gasteiger partial charge in [-0.05, 0) is 19.4 Å². The molecule has 0 aromatic carbocycles. The van der Waals surface area contributed by atoms with Gasteiger partial charge in [-0.2, -0.15) is 0 Å². The van der Waals surface area contributed by atoms with E-state index < -0.39 is 0 Å². The first-order valence-electron chi connectivity index (χ1n) is 7.45. The summed E-state index contributed by atoms with van der Waals surface area (Å²) in [6, 6.07) is 1.88. The largest absolute Gasteiger partial charge is 0.375 e. The van der Waals surface area contributed by atoms with Gasteiger partial charge < -0.3 is 9.64 Å². The predicted molar refractivity (Wildman–Crippen MR) is 85.3 cm³/mol. The monoisotopic (exact) mass is 321 g/mol. The van der Waals surface area contributed by atoms with Gasteiger partial charge in [0.05, 0.1) is 24.4 Å². The maximum Gasteiger partial charge on any atom is 0.262 e. The molecule has 1 atom stereocenters. The van der Waals surface area contributed by atoms with Crippen molar-refractivity contribution in [1.29, 1.82) is 0 Å². The fourth-order valence-corrected chi connectivity index (χ4v) is 3.51. The highest BCUT2D eigenvalue weighted by atomic mass is 32.1. The minimum Gasteiger partial charge on any atom is -0.375 e. The summed E-state index contributed by atoms with van der Waals surface area (Å²) in [5.74, 6) is -0.0654. The van der Waals surface area contributed by atoms with Crippen LogP contribution in [-0.2, 0) is 22.5 Å². The Morgan fingerprint density at radius 3 is 3.09 bits per heavy atom. The van der Waals surface area contributed by atoms with Gasteiger partial charge >= 0.3 is 0 Å². The molecule has 0 N–H and O–H groups in total. The zero-order chi connectivity index (χ0) is 15.7. The number of thiophene rings is 1. The fourth-order valence-electron chi connectivity index (χ4n) is 2.59. The number of amides is 1. The van der Waals surface area contributed by atoms with Gasteiger partial charge in [0.2, 0.25) is 5.91 Å². The smallest absolute Gasteiger partial charge is 0.262 e. The van der Waals surface area contributed by atoms with Crippen molar-refractivity contribution in [2.24, 2.45) is 0 Å². The Kier molecular flexibility index (Phi) is 4.26. The van der Waals surface area contributed by atoms with Crippen molar-refractivity contribution in [3.05, 3.63) is 27.6 Å². The average molecular weight is 321 g/mol. The van der Waals surface area contributed by atoms with Crippen molar-refractivity contribution in [2.45, 2.75) is 32.9 Å². The molecule has 0 unspecified atom stereocenters. The number of aromatic nitrogens is 2. The number of carbonyl (C=O) groups is 1. The normalized spacial score (nSPS) is 18.8. The Bertz CT molecular complexity index is 752. The molecule has 1 saturated heterocycles. The number of fused-ring (bicyclic) bond motifs is 1. The third kappa shape index (κ3) is 2.91. The maximum atomic E-state index is 12.5. The van der Waals surface area contributed by atoms with Crippen molar-refractivity contribution in [3.8, 4) is 0 Å². The van der Waals surface area contributed by atoms with Crippen LogP contribution in [0.25, 0.3) is 10.2 Å². The lowest BCUT2D eigenvalue weighted by molar-refractivity contribution is -0.138. The molecule has 1 aliphatic heterocycles. The zero-order valence-corrected chi connectivity index (χ0v) is 13.6. The molecular weight excluding hydrogens is 302 g/mol. The average Bonchev–Trinajstić information content (AvgIpc) is 2.94. The van der Waals surface area contributed by atoms with E-state index in [1.165, 1.54) is 22.2 Å². The summed E-state index contributed by atoms with van der Waals surface area (Å²) in [7, 11) is 0. The van der Waals surface area contributed by atoms with E-state index in [1.54, 1.807) is 4.90 Å². The molecule has 3 rings (SSSR count). The van der Waals surface area contributed by atoms with Crippen molar-refractivity contribution in [2.75, 3.05) is 19.7 Å². The van der Waals surface area contributed by atoms with Crippen LogP contribution in [0.1, 0.15) is 18.7 Å². The minimum atomic E-state index is -0.143. The molecule has 0 bridgehead atoms. The molecule has 0 aliphatic carbocycles. The first-order chi connectivity index (χ1) is 10.6. The van der Waals surface area contributed by atoms with E-state index in [-0.39, 0.29) is 24.1 Å². The van der Waals surface area contributed by atoms with Crippen molar-refractivity contribution in [1.82, 2.24) is 14.5 Å². The minimum absolute atomic E-state index is 0.0335. The topological polar surface area (TPSA) is 64.4 Å². The fraction of sp³-hybridized carbons (Fsp3) is 0.533. The highest BCUT2D eigenvalue weighted by Gasteiger charge is 2.22. The Labute approximate surface area is 132 Å². The summed E-state index contributed by atoms with van der Waals surface area (Å²) in [5.41, 5.74) is -0.143. The van der Waals surface area contributed by atoms with Gasteiger partial charge in [-0.3, -0.25) is 14.2 Å². The lowest BCUT2D eigenvalue weighted by atomic mass is 10.3. The standard InChI is InChI=1S/C15H19N3O3S/c1-3-11-6-12-14(22-11)16-9-18(15(12)20)8-13(19)17-4-5-21-10(2)7-17/h6,9-10H,3-5,7-8H2,1-2H3/t10-/m1/s1. The third-order valence-electron chi connectivity index (χ3n) is 3.82. The Hall–Kier alpha value is -1.73. The van der Waals surface area contributed by atoms with Crippen LogP contribution in [0, 0.1) is 0 Å². The maximum absolute atomic E-state index is 12.5. The molecular formula is C15H19N3O3S. The lowest BCUT2D eigenvalue weighted by Crippen LogP contribution is -2.46. The number of rotatable bonds is 3. The molecule has 1 aliphatic rings. The molecule has 2 aromatic heterocycles. The van der Waals surface area contributed by atoms with E-state index >= 15 is 0 Å². The van der Waals surface area contributed by atoms with Crippen LogP contribution in [0.15, 0.2) is 17.2 Å². The van der Waals surface area contributed by atoms with E-state index in [0.29, 0.717) is 25.1 Å². The molecule has 1 amide bonds. The van der Waals surface area contributed by atoms with Crippen LogP contribution < -0.4 is 5.56 Å². The van der Waals surface area contributed by atoms with Crippen molar-refractivity contribution >= 4 is 27.5 Å². The number of ether oxygens (including phenoxy) is 1. The van der Waals surface area contributed by atoms with Crippen LogP contribution in [0.2, 0.25) is 0 Å². The molecule has 118 valence electrons. The summed E-state index contributed by atoms with van der Waals surface area (Å²) in [6.07, 6.45) is 2.40. The van der Waals surface area contributed by atoms with Crippen LogP contribution in [-0.4, -0.2) is 46.2 Å². The molecule has 7 heteroatoms. The summed E-state index contributed by atoms with van der Waals surface area (Å²) in [5, 5.41) is 0.604. The highest BCUT2D eigenvalue weighted by Crippen LogP contribution is 2.21. The van der Waals surface area contributed by atoms with Gasteiger partial charge in [0.1, 0.15) is 11.4 Å². The number of morpholine rings is 1. The van der Waals surface area contributed by atoms with Crippen molar-refractivity contribution in [3.63, 3.8) is 0 Å². The Balaban J connectivity index is 1.82. The van der Waals surface area contributed by atoms with Gasteiger partial charge in [0.25, 0.3) is 5.56 Å². The van der Waals surface area contributed by atoms with E-state index in [9.17, 15) is 9.59 Å². The summed E-state index contributed by atoms with van der Waals surface area (Å²) < 4.78 is 6.83. The Morgan fingerprint density at radius 1 is 1.55 bits per heavy atom. The molecule has 1 fully saturated rings. The number of nitrogens with zero attached hydrogens (tertiary/aromatic N) is 3. The van der Waals surface area contributed by atoms with Gasteiger partial charge in [-0.15, -0.1) is 11.3 Å². The number of aryl methyl sites for hydroxylation is 1. The van der Waals surface area contributed by atoms with Gasteiger partial charge in [-0.25, -0.2) is 4.98 Å². The number of hydrogen-bond acceptors (Lipinski definition) is 5. The van der Waals surface area contributed by atoms with Crippen LogP contribution >= 0.6 is 11.3 Å². The molecule has 22 heavy (non-hydrogen) atoms. The first-order valence-corrected chi connectivity index (χ1v) is 8.27. The van der Waals surface area contributed by atoms with Crippen LogP contribution in [0.3, 0.4) is 0 Å². The van der Waals surface area contributed by atoms with Crippen molar-refractivity contribution < 1.29 is 9.53 Å². The second-order valence-electron chi connectivity index (χ2n) is 5.48. The van der Waals surface area contributed by atoms with Gasteiger partial charge in [-0.1, -0.05) is 6.92 Å². The van der Waals surface area contributed by atoms with E-state index in [1.807, 2.05) is 19.9 Å². The van der Waals surface area contributed by atoms with Gasteiger partial charge in [0.15, 0.2) is 0 Å². The number of hydrogen-bond donors (Lipinski definition) is 0. The summed E-state index contributed by atoms with van der Waals surface area (Å²) >= 11 is 1.53. The van der Waals surface area contributed by atoms with E-state index in [0.717, 1.165) is 16.1 Å². The quantitative estimate of drug-likeness (QED) is 0.854. The predicted octanol–water partition coefficient (Wildman–Crippen LogP) is 1.27. The first kappa shape index (κ1) is 15.2. The van der Waals surface area contributed by atoms with Gasteiger partial charge in [0, 0.05) is 18.0 Å². The lowest BCUT2D eigenvalue weighted by Gasteiger charge is -2.31. The van der Waals surface area contributed by atoms with Crippen LogP contribution in [0.5, 0.6) is 0 Å². The van der Waals surface area contributed by atoms with Crippen LogP contribution in [0.4, 0.5) is 0 Å². The molecule has 6 nitrogen and oxygen atoms in total. The third-order valence-corrected chi connectivity index (χ3v) is 5.00. The highest BCUT2D eigenvalue weighted by molar-refractivity contribution is 7.18. The second kappa shape index (κ2) is 6.18. The molecule has 0 radical (unpaired) electrons. The SMILES string of the molecule is CCc1cc2c(=O)n(CC(=O)N3CCO[C@H](C)C3)cnc2s1.